The molecule has 128 valence electrons. The maximum atomic E-state index is 12.4. The third-order valence-electron chi connectivity index (χ3n) is 3.71. The van der Waals surface area contributed by atoms with Crippen molar-refractivity contribution in [1.29, 1.82) is 0 Å². The fourth-order valence-corrected chi connectivity index (χ4v) is 2.77. The molecule has 1 heterocycles. The van der Waals surface area contributed by atoms with Crippen molar-refractivity contribution in [3.05, 3.63) is 76.3 Å². The van der Waals surface area contributed by atoms with Crippen LogP contribution in [-0.4, -0.2) is 27.8 Å². The van der Waals surface area contributed by atoms with Crippen molar-refractivity contribution < 1.29 is 9.53 Å². The highest BCUT2D eigenvalue weighted by Gasteiger charge is 2.11. The normalized spacial score (nSPS) is 10.5. The molecular weight excluding hydrogens is 384 g/mol. The summed E-state index contributed by atoms with van der Waals surface area (Å²) in [6, 6.07) is 13.3. The first kappa shape index (κ1) is 17.2. The molecule has 2 aromatic carbocycles. The van der Waals surface area contributed by atoms with Gasteiger partial charge >= 0.3 is 0 Å². The fraction of sp³-hybridized carbons (Fsp3) is 0.167. The minimum absolute atomic E-state index is 0.155. The third-order valence-corrected chi connectivity index (χ3v) is 4.40. The van der Waals surface area contributed by atoms with Crippen molar-refractivity contribution in [1.82, 2.24) is 20.1 Å². The van der Waals surface area contributed by atoms with E-state index in [1.165, 1.54) is 6.33 Å². The van der Waals surface area contributed by atoms with Crippen molar-refractivity contribution in [3.63, 3.8) is 0 Å². The molecule has 0 saturated carbocycles. The molecule has 1 N–H and O–H groups in total. The lowest BCUT2D eigenvalue weighted by Crippen LogP contribution is -2.23. The minimum atomic E-state index is -0.155. The Bertz CT molecular complexity index is 848. The molecule has 0 fully saturated rings. The number of amides is 1. The van der Waals surface area contributed by atoms with Crippen molar-refractivity contribution in [2.45, 2.75) is 13.1 Å². The molecule has 1 amide bonds. The molecule has 0 aliphatic carbocycles. The van der Waals surface area contributed by atoms with Gasteiger partial charge in [0, 0.05) is 11.0 Å². The van der Waals surface area contributed by atoms with Crippen LogP contribution in [0.15, 0.2) is 59.6 Å². The Morgan fingerprint density at radius 3 is 2.64 bits per heavy atom. The highest BCUT2D eigenvalue weighted by atomic mass is 79.9. The first-order chi connectivity index (χ1) is 12.2. The fourth-order valence-electron chi connectivity index (χ4n) is 2.35. The van der Waals surface area contributed by atoms with E-state index in [9.17, 15) is 4.79 Å². The van der Waals surface area contributed by atoms with Gasteiger partial charge in [0.25, 0.3) is 5.91 Å². The molecule has 0 atom stereocenters. The lowest BCUT2D eigenvalue weighted by atomic mass is 10.1. The monoisotopic (exact) mass is 400 g/mol. The second-order valence-corrected chi connectivity index (χ2v) is 6.29. The van der Waals surface area contributed by atoms with Crippen molar-refractivity contribution >= 4 is 21.8 Å². The first-order valence-corrected chi connectivity index (χ1v) is 8.47. The van der Waals surface area contributed by atoms with Crippen LogP contribution in [0.4, 0.5) is 0 Å². The minimum Gasteiger partial charge on any atom is -0.497 e. The summed E-state index contributed by atoms with van der Waals surface area (Å²) in [4.78, 5) is 16.3. The van der Waals surface area contributed by atoms with Crippen LogP contribution >= 0.6 is 15.9 Å². The van der Waals surface area contributed by atoms with Gasteiger partial charge in [-0.25, -0.2) is 9.67 Å². The number of methoxy groups -OCH3 is 1. The van der Waals surface area contributed by atoms with Gasteiger partial charge in [-0.2, -0.15) is 5.10 Å². The van der Waals surface area contributed by atoms with Crippen LogP contribution in [0.25, 0.3) is 0 Å². The SMILES string of the molecule is COc1ccc(Br)c(C(=O)NCc2ccc(Cn3cncn3)cc2)c1. The molecule has 0 aliphatic rings. The Kier molecular flexibility index (Phi) is 5.45. The lowest BCUT2D eigenvalue weighted by Gasteiger charge is -2.09. The van der Waals surface area contributed by atoms with Gasteiger partial charge in [0.05, 0.1) is 19.2 Å². The molecule has 25 heavy (non-hydrogen) atoms. The number of aromatic nitrogens is 3. The van der Waals surface area contributed by atoms with E-state index >= 15 is 0 Å². The Balaban J connectivity index is 1.60. The average molecular weight is 401 g/mol. The topological polar surface area (TPSA) is 69.0 Å². The third kappa shape index (κ3) is 4.45. The van der Waals surface area contributed by atoms with Gasteiger partial charge in [-0.15, -0.1) is 0 Å². The Hall–Kier alpha value is -2.67. The maximum Gasteiger partial charge on any atom is 0.252 e. The summed E-state index contributed by atoms with van der Waals surface area (Å²) in [5, 5.41) is 7.00. The maximum absolute atomic E-state index is 12.4. The van der Waals surface area contributed by atoms with Crippen LogP contribution in [0.3, 0.4) is 0 Å². The van der Waals surface area contributed by atoms with Crippen molar-refractivity contribution in [2.75, 3.05) is 7.11 Å². The Labute approximate surface area is 154 Å². The quantitative estimate of drug-likeness (QED) is 0.690. The van der Waals surface area contributed by atoms with Crippen LogP contribution in [-0.2, 0) is 13.1 Å². The number of ether oxygens (including phenoxy) is 1. The number of carbonyl (C=O) groups is 1. The van der Waals surface area contributed by atoms with E-state index in [0.717, 1.165) is 15.6 Å². The molecule has 3 aromatic rings. The van der Waals surface area contributed by atoms with E-state index in [0.29, 0.717) is 24.4 Å². The summed E-state index contributed by atoms with van der Waals surface area (Å²) in [5.74, 6) is 0.489. The van der Waals surface area contributed by atoms with E-state index in [1.54, 1.807) is 36.3 Å². The van der Waals surface area contributed by atoms with Crippen molar-refractivity contribution in [2.24, 2.45) is 0 Å². The zero-order chi connectivity index (χ0) is 17.6. The highest BCUT2D eigenvalue weighted by molar-refractivity contribution is 9.10. The number of halogens is 1. The Morgan fingerprint density at radius 2 is 1.96 bits per heavy atom. The number of hydrogen-bond donors (Lipinski definition) is 1. The molecule has 0 aliphatic heterocycles. The molecule has 7 heteroatoms. The summed E-state index contributed by atoms with van der Waals surface area (Å²) in [7, 11) is 1.58. The second-order valence-electron chi connectivity index (χ2n) is 5.44. The number of hydrogen-bond acceptors (Lipinski definition) is 4. The number of carbonyl (C=O) groups excluding carboxylic acids is 1. The van der Waals surface area contributed by atoms with Gasteiger partial charge < -0.3 is 10.1 Å². The largest absolute Gasteiger partial charge is 0.497 e. The van der Waals surface area contributed by atoms with Crippen LogP contribution < -0.4 is 10.1 Å². The molecule has 0 unspecified atom stereocenters. The van der Waals surface area contributed by atoms with E-state index in [2.05, 4.69) is 31.3 Å². The number of nitrogens with zero attached hydrogens (tertiary/aromatic N) is 3. The van der Waals surface area contributed by atoms with Crippen LogP contribution in [0.2, 0.25) is 0 Å². The van der Waals surface area contributed by atoms with Gasteiger partial charge in [0.1, 0.15) is 18.4 Å². The van der Waals surface area contributed by atoms with Crippen LogP contribution in [0.1, 0.15) is 21.5 Å². The molecule has 0 saturated heterocycles. The van der Waals surface area contributed by atoms with E-state index < -0.39 is 0 Å². The highest BCUT2D eigenvalue weighted by Crippen LogP contribution is 2.22. The van der Waals surface area contributed by atoms with E-state index in [-0.39, 0.29) is 5.91 Å². The summed E-state index contributed by atoms with van der Waals surface area (Å²) in [6.45, 7) is 1.12. The summed E-state index contributed by atoms with van der Waals surface area (Å²) in [6.07, 6.45) is 3.20. The molecule has 0 spiro atoms. The van der Waals surface area contributed by atoms with Gasteiger partial charge in [0.2, 0.25) is 0 Å². The summed E-state index contributed by atoms with van der Waals surface area (Å²) < 4.78 is 7.66. The van der Waals surface area contributed by atoms with E-state index in [4.69, 9.17) is 4.74 Å². The predicted octanol–water partition coefficient (Wildman–Crippen LogP) is 3.03. The number of benzene rings is 2. The predicted molar refractivity (Wildman–Crippen MR) is 97.4 cm³/mol. The lowest BCUT2D eigenvalue weighted by molar-refractivity contribution is 0.0950. The molecule has 6 nitrogen and oxygen atoms in total. The van der Waals surface area contributed by atoms with Gasteiger partial charge in [-0.3, -0.25) is 4.79 Å². The number of nitrogens with one attached hydrogen (secondary N) is 1. The van der Waals surface area contributed by atoms with Crippen molar-refractivity contribution in [3.8, 4) is 5.75 Å². The summed E-state index contributed by atoms with van der Waals surface area (Å²) in [5.41, 5.74) is 2.69. The second kappa shape index (κ2) is 7.94. The molecular formula is C18H17BrN4O2. The number of rotatable bonds is 6. The smallest absolute Gasteiger partial charge is 0.252 e. The zero-order valence-corrected chi connectivity index (χ0v) is 15.2. The van der Waals surface area contributed by atoms with Crippen LogP contribution in [0.5, 0.6) is 5.75 Å². The Morgan fingerprint density at radius 1 is 1.20 bits per heavy atom. The molecule has 3 rings (SSSR count). The standard InChI is InChI=1S/C18H17BrN4O2/c1-25-15-6-7-17(19)16(8-15)18(24)21-9-13-2-4-14(5-3-13)10-23-12-20-11-22-23/h2-8,11-12H,9-10H2,1H3,(H,21,24). The first-order valence-electron chi connectivity index (χ1n) is 7.67. The summed E-state index contributed by atoms with van der Waals surface area (Å²) >= 11 is 3.39. The van der Waals surface area contributed by atoms with Gasteiger partial charge in [0.15, 0.2) is 0 Å². The van der Waals surface area contributed by atoms with Crippen LogP contribution in [0, 0.1) is 0 Å². The van der Waals surface area contributed by atoms with E-state index in [1.807, 2.05) is 24.3 Å². The van der Waals surface area contributed by atoms with Gasteiger partial charge in [-0.05, 0) is 45.3 Å². The molecule has 0 radical (unpaired) electrons. The average Bonchev–Trinajstić information content (AvgIpc) is 3.14. The molecule has 0 bridgehead atoms. The molecule has 1 aromatic heterocycles. The zero-order valence-electron chi connectivity index (χ0n) is 13.6. The van der Waals surface area contributed by atoms with Gasteiger partial charge in [-0.1, -0.05) is 24.3 Å².